The summed E-state index contributed by atoms with van der Waals surface area (Å²) in [5, 5.41) is 11.6. The molecule has 0 aliphatic carbocycles. The number of piperidine rings is 1. The molecular weight excluding hydrogens is 522 g/mol. The standard InChI is InChI=1S/C28H25BrClN5/c29-24-17-31-35-27(16-26(33-28(24)35)23-10-3-4-11-25(23)30)32-21-12-14-34(15-13-21)18-20-8-5-7-19-6-1-2-9-22(19)20/h1-11,16-17,21,32H,12-15,18H2. The van der Waals surface area contributed by atoms with E-state index in [1.165, 1.54) is 16.3 Å². The van der Waals surface area contributed by atoms with Crippen molar-refractivity contribution >= 4 is 49.8 Å². The summed E-state index contributed by atoms with van der Waals surface area (Å²) in [6.45, 7) is 3.08. The summed E-state index contributed by atoms with van der Waals surface area (Å²) in [5.74, 6) is 0.933. The fourth-order valence-corrected chi connectivity index (χ4v) is 5.54. The maximum Gasteiger partial charge on any atom is 0.172 e. The molecular formula is C28H25BrClN5. The van der Waals surface area contributed by atoms with E-state index in [-0.39, 0.29) is 0 Å². The van der Waals surface area contributed by atoms with Crippen molar-refractivity contribution in [2.24, 2.45) is 0 Å². The molecule has 0 amide bonds. The first-order valence-corrected chi connectivity index (χ1v) is 13.1. The zero-order chi connectivity index (χ0) is 23.8. The summed E-state index contributed by atoms with van der Waals surface area (Å²) < 4.78 is 2.73. The lowest BCUT2D eigenvalue weighted by Crippen LogP contribution is -2.39. The van der Waals surface area contributed by atoms with Crippen molar-refractivity contribution in [3.8, 4) is 11.3 Å². The van der Waals surface area contributed by atoms with Crippen LogP contribution in [0.15, 0.2) is 83.5 Å². The molecule has 1 aliphatic rings. The van der Waals surface area contributed by atoms with Gasteiger partial charge in [-0.05, 0) is 51.2 Å². The predicted molar refractivity (Wildman–Crippen MR) is 147 cm³/mol. The maximum absolute atomic E-state index is 6.49. The van der Waals surface area contributed by atoms with Gasteiger partial charge >= 0.3 is 0 Å². The lowest BCUT2D eigenvalue weighted by Gasteiger charge is -2.33. The topological polar surface area (TPSA) is 45.5 Å². The normalized spacial score (nSPS) is 15.1. The average molecular weight is 547 g/mol. The molecule has 7 heteroatoms. The number of hydrogen-bond acceptors (Lipinski definition) is 4. The average Bonchev–Trinajstić information content (AvgIpc) is 3.26. The minimum Gasteiger partial charge on any atom is -0.367 e. The van der Waals surface area contributed by atoms with Crippen molar-refractivity contribution in [1.82, 2.24) is 19.5 Å². The van der Waals surface area contributed by atoms with Crippen LogP contribution in [0.2, 0.25) is 5.02 Å². The molecule has 1 fully saturated rings. The fourth-order valence-electron chi connectivity index (χ4n) is 4.96. The lowest BCUT2D eigenvalue weighted by molar-refractivity contribution is 0.212. The van der Waals surface area contributed by atoms with Crippen molar-refractivity contribution in [1.29, 1.82) is 0 Å². The highest BCUT2D eigenvalue weighted by Crippen LogP contribution is 2.31. The quantitative estimate of drug-likeness (QED) is 0.257. The number of hydrogen-bond donors (Lipinski definition) is 1. The van der Waals surface area contributed by atoms with Crippen molar-refractivity contribution in [3.63, 3.8) is 0 Å². The number of aromatic nitrogens is 3. The Morgan fingerprint density at radius 3 is 2.60 bits per heavy atom. The van der Waals surface area contributed by atoms with Gasteiger partial charge in [0.05, 0.1) is 16.4 Å². The van der Waals surface area contributed by atoms with E-state index in [0.29, 0.717) is 11.1 Å². The molecule has 1 saturated heterocycles. The minimum atomic E-state index is 0.367. The molecule has 3 aromatic carbocycles. The SMILES string of the molecule is Clc1ccccc1-c1cc(NC2CCN(Cc3cccc4ccccc34)CC2)n2ncc(Br)c2n1. The third-order valence-electron chi connectivity index (χ3n) is 6.79. The summed E-state index contributed by atoms with van der Waals surface area (Å²) in [6, 6.07) is 25.5. The summed E-state index contributed by atoms with van der Waals surface area (Å²) in [5.41, 5.74) is 3.92. The molecule has 0 spiro atoms. The molecule has 5 nitrogen and oxygen atoms in total. The van der Waals surface area contributed by atoms with Gasteiger partial charge in [0.25, 0.3) is 0 Å². The third-order valence-corrected chi connectivity index (χ3v) is 7.68. The highest BCUT2D eigenvalue weighted by Gasteiger charge is 2.22. The van der Waals surface area contributed by atoms with Gasteiger partial charge in [-0.2, -0.15) is 9.61 Å². The molecule has 176 valence electrons. The van der Waals surface area contributed by atoms with E-state index in [1.807, 2.05) is 28.8 Å². The van der Waals surface area contributed by atoms with Gasteiger partial charge in [-0.15, -0.1) is 0 Å². The number of nitrogens with zero attached hydrogens (tertiary/aromatic N) is 4. The van der Waals surface area contributed by atoms with Crippen LogP contribution in [0.1, 0.15) is 18.4 Å². The van der Waals surface area contributed by atoms with Crippen LogP contribution in [0.25, 0.3) is 27.7 Å². The second-order valence-electron chi connectivity index (χ2n) is 9.07. The van der Waals surface area contributed by atoms with Crippen LogP contribution in [-0.4, -0.2) is 38.6 Å². The molecule has 2 aromatic heterocycles. The monoisotopic (exact) mass is 545 g/mol. The Morgan fingerprint density at radius 1 is 0.971 bits per heavy atom. The number of likely N-dealkylation sites (tertiary alicyclic amines) is 1. The van der Waals surface area contributed by atoms with Crippen LogP contribution in [0.3, 0.4) is 0 Å². The molecule has 3 heterocycles. The zero-order valence-corrected chi connectivity index (χ0v) is 21.5. The molecule has 5 aromatic rings. The molecule has 1 N–H and O–H groups in total. The van der Waals surface area contributed by atoms with Gasteiger partial charge < -0.3 is 5.32 Å². The van der Waals surface area contributed by atoms with Gasteiger partial charge in [0.2, 0.25) is 0 Å². The summed E-state index contributed by atoms with van der Waals surface area (Å²) in [4.78, 5) is 7.38. The van der Waals surface area contributed by atoms with E-state index < -0.39 is 0 Å². The van der Waals surface area contributed by atoms with Crippen molar-refractivity contribution in [2.75, 3.05) is 18.4 Å². The van der Waals surface area contributed by atoms with Gasteiger partial charge in [-0.1, -0.05) is 72.3 Å². The van der Waals surface area contributed by atoms with Gasteiger partial charge in [-0.3, -0.25) is 4.90 Å². The van der Waals surface area contributed by atoms with Gasteiger partial charge in [-0.25, -0.2) is 4.98 Å². The number of fused-ring (bicyclic) bond motifs is 2. The number of nitrogens with one attached hydrogen (secondary N) is 1. The van der Waals surface area contributed by atoms with Crippen LogP contribution in [-0.2, 0) is 6.54 Å². The van der Waals surface area contributed by atoms with Crippen molar-refractivity contribution in [3.05, 3.63) is 94.1 Å². The molecule has 0 atom stereocenters. The minimum absolute atomic E-state index is 0.367. The summed E-state index contributed by atoms with van der Waals surface area (Å²) in [7, 11) is 0. The number of rotatable bonds is 5. The first-order chi connectivity index (χ1) is 17.2. The molecule has 1 aliphatic heterocycles. The van der Waals surface area contributed by atoms with Crippen molar-refractivity contribution in [2.45, 2.75) is 25.4 Å². The lowest BCUT2D eigenvalue weighted by atomic mass is 10.0. The van der Waals surface area contributed by atoms with E-state index in [4.69, 9.17) is 16.6 Å². The molecule has 0 unspecified atom stereocenters. The fraction of sp³-hybridized carbons (Fsp3) is 0.214. The van der Waals surface area contributed by atoms with Gasteiger partial charge in [0.1, 0.15) is 5.82 Å². The van der Waals surface area contributed by atoms with Crippen molar-refractivity contribution < 1.29 is 0 Å². The van der Waals surface area contributed by atoms with Crippen LogP contribution < -0.4 is 5.32 Å². The molecule has 6 rings (SSSR count). The first-order valence-electron chi connectivity index (χ1n) is 11.9. The number of anilines is 1. The van der Waals surface area contributed by atoms with E-state index in [0.717, 1.165) is 59.7 Å². The summed E-state index contributed by atoms with van der Waals surface area (Å²) >= 11 is 10.1. The van der Waals surface area contributed by atoms with Gasteiger partial charge in [0, 0.05) is 42.3 Å². The maximum atomic E-state index is 6.49. The first kappa shape index (κ1) is 22.5. The Hall–Kier alpha value is -2.93. The Bertz CT molecular complexity index is 1500. The summed E-state index contributed by atoms with van der Waals surface area (Å²) in [6.07, 6.45) is 3.92. The Kier molecular flexibility index (Phi) is 6.19. The zero-order valence-electron chi connectivity index (χ0n) is 19.2. The van der Waals surface area contributed by atoms with Crippen LogP contribution >= 0.6 is 27.5 Å². The van der Waals surface area contributed by atoms with Crippen LogP contribution in [0.4, 0.5) is 5.82 Å². The molecule has 0 bridgehead atoms. The number of halogens is 2. The number of benzene rings is 3. The van der Waals surface area contributed by atoms with Crippen LogP contribution in [0, 0.1) is 0 Å². The predicted octanol–water partition coefficient (Wildman–Crippen LogP) is 7.04. The molecule has 35 heavy (non-hydrogen) atoms. The Morgan fingerprint density at radius 2 is 1.74 bits per heavy atom. The third kappa shape index (κ3) is 4.54. The van der Waals surface area contributed by atoms with E-state index >= 15 is 0 Å². The Balaban J connectivity index is 1.20. The van der Waals surface area contributed by atoms with E-state index in [1.54, 1.807) is 6.20 Å². The second-order valence-corrected chi connectivity index (χ2v) is 10.3. The largest absolute Gasteiger partial charge is 0.367 e. The highest BCUT2D eigenvalue weighted by molar-refractivity contribution is 9.10. The van der Waals surface area contributed by atoms with E-state index in [2.05, 4.69) is 79.8 Å². The molecule has 0 saturated carbocycles. The van der Waals surface area contributed by atoms with E-state index in [9.17, 15) is 0 Å². The second kappa shape index (κ2) is 9.61. The van der Waals surface area contributed by atoms with Gasteiger partial charge in [0.15, 0.2) is 5.65 Å². The smallest absolute Gasteiger partial charge is 0.172 e. The van der Waals surface area contributed by atoms with Crippen LogP contribution in [0.5, 0.6) is 0 Å². The Labute approximate surface area is 217 Å². The molecule has 0 radical (unpaired) electrons. The highest BCUT2D eigenvalue weighted by atomic mass is 79.9.